The average molecular weight is 474 g/mol. The highest BCUT2D eigenvalue weighted by Gasteiger charge is 2.33. The third-order valence-electron chi connectivity index (χ3n) is 5.92. The lowest BCUT2D eigenvalue weighted by atomic mass is 9.98. The van der Waals surface area contributed by atoms with Gasteiger partial charge in [-0.15, -0.1) is 0 Å². The third kappa shape index (κ3) is 6.42. The molecular formula is C25H31NO6S. The molecule has 0 amide bonds. The average Bonchev–Trinajstić information content (AvgIpc) is 2.86. The van der Waals surface area contributed by atoms with Crippen molar-refractivity contribution in [3.05, 3.63) is 59.7 Å². The topological polar surface area (TPSA) is 90.0 Å². The Balaban J connectivity index is 1.48. The smallest absolute Gasteiger partial charge is 0.309 e. The number of methoxy groups -OCH3 is 1. The highest BCUT2D eigenvalue weighted by Crippen LogP contribution is 2.26. The summed E-state index contributed by atoms with van der Waals surface area (Å²) in [4.78, 5) is 25.0. The van der Waals surface area contributed by atoms with Crippen LogP contribution in [0.3, 0.4) is 0 Å². The molecule has 0 unspecified atom stereocenters. The second-order valence-corrected chi connectivity index (χ2v) is 10.1. The number of ether oxygens (including phenoxy) is 2. The van der Waals surface area contributed by atoms with Gasteiger partial charge in [0.15, 0.2) is 12.4 Å². The summed E-state index contributed by atoms with van der Waals surface area (Å²) in [5.41, 5.74) is 1.70. The van der Waals surface area contributed by atoms with E-state index in [-0.39, 0.29) is 30.4 Å². The maximum Gasteiger partial charge on any atom is 0.309 e. The van der Waals surface area contributed by atoms with Crippen LogP contribution < -0.4 is 4.74 Å². The van der Waals surface area contributed by atoms with Crippen molar-refractivity contribution in [2.45, 2.75) is 43.9 Å². The Morgan fingerprint density at radius 3 is 2.21 bits per heavy atom. The minimum Gasteiger partial charge on any atom is -0.497 e. The lowest BCUT2D eigenvalue weighted by molar-refractivity contribution is -0.148. The Morgan fingerprint density at radius 1 is 1.00 bits per heavy atom. The zero-order valence-electron chi connectivity index (χ0n) is 19.2. The molecule has 1 heterocycles. The van der Waals surface area contributed by atoms with E-state index in [0.717, 1.165) is 19.3 Å². The van der Waals surface area contributed by atoms with Gasteiger partial charge in [-0.25, -0.2) is 8.42 Å². The minimum absolute atomic E-state index is 0.190. The molecule has 0 spiro atoms. The molecule has 1 aliphatic rings. The predicted octanol–water partition coefficient (Wildman–Crippen LogP) is 3.86. The number of esters is 1. The molecule has 0 N–H and O–H groups in total. The maximum atomic E-state index is 12.8. The van der Waals surface area contributed by atoms with Crippen LogP contribution in [-0.4, -0.2) is 51.3 Å². The number of hydrogen-bond donors (Lipinski definition) is 0. The van der Waals surface area contributed by atoms with Crippen molar-refractivity contribution < 1.29 is 27.5 Å². The molecule has 178 valence electrons. The molecule has 0 bridgehead atoms. The van der Waals surface area contributed by atoms with E-state index in [2.05, 4.69) is 6.92 Å². The molecule has 1 fully saturated rings. The first kappa shape index (κ1) is 24.9. The Morgan fingerprint density at radius 2 is 1.64 bits per heavy atom. The fraction of sp³-hybridized carbons (Fsp3) is 0.440. The molecule has 2 aromatic carbocycles. The summed E-state index contributed by atoms with van der Waals surface area (Å²) in [5, 5.41) is 0. The number of piperidine rings is 1. The van der Waals surface area contributed by atoms with Crippen LogP contribution in [0.15, 0.2) is 53.4 Å². The van der Waals surface area contributed by atoms with E-state index in [1.807, 2.05) is 12.1 Å². The second kappa shape index (κ2) is 11.4. The first-order valence-corrected chi connectivity index (χ1v) is 12.7. The summed E-state index contributed by atoms with van der Waals surface area (Å²) in [5.74, 6) is -0.539. The molecule has 2 aromatic rings. The third-order valence-corrected chi connectivity index (χ3v) is 7.84. The molecule has 8 heteroatoms. The fourth-order valence-electron chi connectivity index (χ4n) is 3.80. The lowest BCUT2D eigenvalue weighted by Gasteiger charge is -2.30. The van der Waals surface area contributed by atoms with Crippen molar-refractivity contribution in [3.63, 3.8) is 0 Å². The highest BCUT2D eigenvalue weighted by atomic mass is 32.2. The van der Waals surface area contributed by atoms with Crippen LogP contribution in [0.1, 0.15) is 48.5 Å². The number of nitrogens with zero attached hydrogens (tertiary/aromatic N) is 1. The SMILES string of the molecule is CCCCc1ccc(C(=O)COC(=O)C2CCN(S(=O)(=O)c3ccc(OC)cc3)CC2)cc1. The van der Waals surface area contributed by atoms with Crippen molar-refractivity contribution in [1.29, 1.82) is 0 Å². The number of hydrogen-bond acceptors (Lipinski definition) is 6. The number of sulfonamides is 1. The zero-order valence-corrected chi connectivity index (χ0v) is 20.0. The summed E-state index contributed by atoms with van der Waals surface area (Å²) in [6, 6.07) is 13.6. The van der Waals surface area contributed by atoms with Gasteiger partial charge in [0.2, 0.25) is 10.0 Å². The Hall–Kier alpha value is -2.71. The number of benzene rings is 2. The van der Waals surface area contributed by atoms with Crippen molar-refractivity contribution in [3.8, 4) is 5.75 Å². The molecule has 1 saturated heterocycles. The fourth-order valence-corrected chi connectivity index (χ4v) is 5.27. The number of carbonyl (C=O) groups is 2. The summed E-state index contributed by atoms with van der Waals surface area (Å²) in [6.07, 6.45) is 3.91. The van der Waals surface area contributed by atoms with Crippen LogP contribution in [0.4, 0.5) is 0 Å². The molecule has 1 aliphatic heterocycles. The van der Waals surface area contributed by atoms with Gasteiger partial charge in [-0.05, 0) is 55.5 Å². The first-order chi connectivity index (χ1) is 15.8. The van der Waals surface area contributed by atoms with Crippen LogP contribution in [0.25, 0.3) is 0 Å². The molecule has 0 aromatic heterocycles. The van der Waals surface area contributed by atoms with Crippen molar-refractivity contribution >= 4 is 21.8 Å². The van der Waals surface area contributed by atoms with E-state index in [0.29, 0.717) is 24.2 Å². The summed E-state index contributed by atoms with van der Waals surface area (Å²) < 4.78 is 37.4. The molecule has 3 rings (SSSR count). The van der Waals surface area contributed by atoms with Gasteiger partial charge in [0.1, 0.15) is 5.75 Å². The number of Topliss-reactive ketones (excluding diaryl/α,β-unsaturated/α-hetero) is 1. The van der Waals surface area contributed by atoms with E-state index in [9.17, 15) is 18.0 Å². The molecule has 33 heavy (non-hydrogen) atoms. The van der Waals surface area contributed by atoms with Crippen LogP contribution in [0.5, 0.6) is 5.75 Å². The van der Waals surface area contributed by atoms with Gasteiger partial charge in [0.25, 0.3) is 0 Å². The largest absolute Gasteiger partial charge is 0.497 e. The summed E-state index contributed by atoms with van der Waals surface area (Å²) in [6.45, 7) is 2.27. The number of ketones is 1. The van der Waals surface area contributed by atoms with Crippen molar-refractivity contribution in [1.82, 2.24) is 4.31 Å². The van der Waals surface area contributed by atoms with E-state index < -0.39 is 21.9 Å². The number of unbranched alkanes of at least 4 members (excludes halogenated alkanes) is 1. The Labute approximate surface area is 195 Å². The van der Waals surface area contributed by atoms with E-state index in [4.69, 9.17) is 9.47 Å². The van der Waals surface area contributed by atoms with Crippen molar-refractivity contribution in [2.75, 3.05) is 26.8 Å². The van der Waals surface area contributed by atoms with E-state index in [1.165, 1.54) is 29.1 Å². The lowest BCUT2D eigenvalue weighted by Crippen LogP contribution is -2.40. The quantitative estimate of drug-likeness (QED) is 0.384. The monoisotopic (exact) mass is 473 g/mol. The van der Waals surface area contributed by atoms with Gasteiger partial charge in [0.05, 0.1) is 17.9 Å². The normalized spacial score (nSPS) is 15.2. The molecule has 0 saturated carbocycles. The predicted molar refractivity (Wildman–Crippen MR) is 125 cm³/mol. The standard InChI is InChI=1S/C25H31NO6S/c1-3-4-5-19-6-8-20(9-7-19)24(27)18-32-25(28)21-14-16-26(17-15-21)33(29,30)23-12-10-22(31-2)11-13-23/h6-13,21H,3-5,14-18H2,1-2H3. The van der Waals surface area contributed by atoms with Gasteiger partial charge >= 0.3 is 5.97 Å². The van der Waals surface area contributed by atoms with Crippen LogP contribution in [0, 0.1) is 5.92 Å². The Kier molecular flexibility index (Phi) is 8.63. The van der Waals surface area contributed by atoms with Crippen molar-refractivity contribution in [2.24, 2.45) is 5.92 Å². The molecule has 0 atom stereocenters. The maximum absolute atomic E-state index is 12.8. The van der Waals surface area contributed by atoms with Gasteiger partial charge in [-0.1, -0.05) is 37.6 Å². The zero-order chi connectivity index (χ0) is 23.8. The van der Waals surface area contributed by atoms with Gasteiger partial charge in [-0.2, -0.15) is 4.31 Å². The highest BCUT2D eigenvalue weighted by molar-refractivity contribution is 7.89. The van der Waals surface area contributed by atoms with E-state index >= 15 is 0 Å². The number of aryl methyl sites for hydroxylation is 1. The van der Waals surface area contributed by atoms with Gasteiger partial charge in [-0.3, -0.25) is 9.59 Å². The summed E-state index contributed by atoms with van der Waals surface area (Å²) in [7, 11) is -2.12. The number of rotatable bonds is 10. The van der Waals surface area contributed by atoms with Crippen LogP contribution in [-0.2, 0) is 26.0 Å². The molecule has 0 aliphatic carbocycles. The Bertz CT molecular complexity index is 1040. The van der Waals surface area contributed by atoms with Gasteiger partial charge < -0.3 is 9.47 Å². The number of carbonyl (C=O) groups excluding carboxylic acids is 2. The van der Waals surface area contributed by atoms with Crippen LogP contribution >= 0.6 is 0 Å². The van der Waals surface area contributed by atoms with Crippen LogP contribution in [0.2, 0.25) is 0 Å². The summed E-state index contributed by atoms with van der Waals surface area (Å²) >= 11 is 0. The first-order valence-electron chi connectivity index (χ1n) is 11.3. The molecule has 0 radical (unpaired) electrons. The van der Waals surface area contributed by atoms with E-state index in [1.54, 1.807) is 24.3 Å². The molecular weight excluding hydrogens is 442 g/mol. The van der Waals surface area contributed by atoms with Gasteiger partial charge in [0, 0.05) is 18.7 Å². The second-order valence-electron chi connectivity index (χ2n) is 8.19. The minimum atomic E-state index is -3.64. The molecule has 7 nitrogen and oxygen atoms in total.